The van der Waals surface area contributed by atoms with Crippen LogP contribution in [0.1, 0.15) is 30.7 Å². The van der Waals surface area contributed by atoms with Crippen LogP contribution in [0.5, 0.6) is 0 Å². The van der Waals surface area contributed by atoms with E-state index in [1.807, 2.05) is 37.3 Å². The Hall–Kier alpha value is -2.70. The topological polar surface area (TPSA) is 88.3 Å². The number of nitrogens with zero attached hydrogens (tertiary/aromatic N) is 3. The van der Waals surface area contributed by atoms with Crippen molar-refractivity contribution in [3.05, 3.63) is 47.7 Å². The van der Waals surface area contributed by atoms with Gasteiger partial charge in [0.15, 0.2) is 0 Å². The first kappa shape index (κ1) is 14.2. The minimum Gasteiger partial charge on any atom is -0.424 e. The molecule has 1 fully saturated rings. The molecule has 2 aromatic rings. The summed E-state index contributed by atoms with van der Waals surface area (Å²) in [5.41, 5.74) is -0.270. The van der Waals surface area contributed by atoms with Crippen LogP contribution in [0.4, 0.5) is 4.79 Å². The first-order valence-electron chi connectivity index (χ1n) is 7.05. The number of hydrogen-bond donors (Lipinski definition) is 1. The quantitative estimate of drug-likeness (QED) is 0.869. The molecule has 2 heterocycles. The molecular weight excluding hydrogens is 284 g/mol. The van der Waals surface area contributed by atoms with Gasteiger partial charge in [0.05, 0.1) is 0 Å². The van der Waals surface area contributed by atoms with Crippen molar-refractivity contribution >= 4 is 11.9 Å². The zero-order chi connectivity index (χ0) is 15.7. The molecule has 1 atom stereocenters. The average molecular weight is 300 g/mol. The van der Waals surface area contributed by atoms with Crippen molar-refractivity contribution in [3.63, 3.8) is 0 Å². The predicted octanol–water partition coefficient (Wildman–Crippen LogP) is 1.74. The second-order valence-electron chi connectivity index (χ2n) is 5.16. The fraction of sp³-hybridized carbons (Fsp3) is 0.333. The van der Waals surface area contributed by atoms with Crippen LogP contribution in [0.2, 0.25) is 0 Å². The number of benzene rings is 1. The number of hydrogen-bond acceptors (Lipinski definition) is 5. The normalized spacial score (nSPS) is 21.3. The Balaban J connectivity index is 1.93. The van der Waals surface area contributed by atoms with Crippen molar-refractivity contribution in [2.75, 3.05) is 0 Å². The van der Waals surface area contributed by atoms with E-state index in [9.17, 15) is 9.59 Å². The SMILES string of the molecule is CCC1(c2ccccc2)NC(=O)N(Cc2nnc(C)o2)C1=O. The fourth-order valence-electron chi connectivity index (χ4n) is 2.67. The van der Waals surface area contributed by atoms with E-state index >= 15 is 0 Å². The van der Waals surface area contributed by atoms with Crippen LogP contribution in [0, 0.1) is 6.92 Å². The molecule has 1 aliphatic rings. The second-order valence-corrected chi connectivity index (χ2v) is 5.16. The van der Waals surface area contributed by atoms with E-state index in [1.165, 1.54) is 0 Å². The summed E-state index contributed by atoms with van der Waals surface area (Å²) < 4.78 is 5.25. The van der Waals surface area contributed by atoms with Gasteiger partial charge in [-0.25, -0.2) is 4.79 Å². The highest BCUT2D eigenvalue weighted by Gasteiger charge is 2.51. The third-order valence-corrected chi connectivity index (χ3v) is 3.83. The largest absolute Gasteiger partial charge is 0.424 e. The molecule has 114 valence electrons. The summed E-state index contributed by atoms with van der Waals surface area (Å²) in [6.07, 6.45) is 0.459. The number of carbonyl (C=O) groups excluding carboxylic acids is 2. The molecule has 1 aliphatic heterocycles. The molecule has 7 heteroatoms. The van der Waals surface area contributed by atoms with Crippen molar-refractivity contribution < 1.29 is 14.0 Å². The number of aryl methyl sites for hydroxylation is 1. The molecule has 0 bridgehead atoms. The lowest BCUT2D eigenvalue weighted by Crippen LogP contribution is -2.43. The molecule has 0 spiro atoms. The first-order valence-corrected chi connectivity index (χ1v) is 7.05. The van der Waals surface area contributed by atoms with Crippen LogP contribution in [0.15, 0.2) is 34.7 Å². The van der Waals surface area contributed by atoms with E-state index in [2.05, 4.69) is 15.5 Å². The Bertz CT molecular complexity index is 713. The van der Waals surface area contributed by atoms with E-state index in [-0.39, 0.29) is 18.3 Å². The van der Waals surface area contributed by atoms with E-state index in [4.69, 9.17) is 4.42 Å². The maximum atomic E-state index is 12.8. The van der Waals surface area contributed by atoms with E-state index in [0.29, 0.717) is 12.3 Å². The fourth-order valence-corrected chi connectivity index (χ4v) is 2.67. The lowest BCUT2D eigenvalue weighted by Gasteiger charge is -2.25. The van der Waals surface area contributed by atoms with Crippen molar-refractivity contribution in [1.82, 2.24) is 20.4 Å². The number of carbonyl (C=O) groups is 2. The average Bonchev–Trinajstić information content (AvgIpc) is 3.05. The molecule has 0 radical (unpaired) electrons. The van der Waals surface area contributed by atoms with Gasteiger partial charge < -0.3 is 9.73 Å². The third kappa shape index (κ3) is 2.14. The second kappa shape index (κ2) is 5.25. The molecule has 22 heavy (non-hydrogen) atoms. The van der Waals surface area contributed by atoms with Crippen LogP contribution in [-0.2, 0) is 16.9 Å². The Morgan fingerprint density at radius 3 is 2.55 bits per heavy atom. The highest BCUT2D eigenvalue weighted by Crippen LogP contribution is 2.32. The smallest absolute Gasteiger partial charge is 0.325 e. The van der Waals surface area contributed by atoms with Gasteiger partial charge in [-0.3, -0.25) is 9.69 Å². The van der Waals surface area contributed by atoms with Gasteiger partial charge >= 0.3 is 6.03 Å². The minimum absolute atomic E-state index is 0.0277. The molecular formula is C15H16N4O3. The zero-order valence-electron chi connectivity index (χ0n) is 12.4. The van der Waals surface area contributed by atoms with Gasteiger partial charge in [-0.1, -0.05) is 37.3 Å². The third-order valence-electron chi connectivity index (χ3n) is 3.83. The number of nitrogens with one attached hydrogen (secondary N) is 1. The monoisotopic (exact) mass is 300 g/mol. The number of amides is 3. The van der Waals surface area contributed by atoms with E-state index in [1.54, 1.807) is 6.92 Å². The molecule has 1 aromatic heterocycles. The van der Waals surface area contributed by atoms with Gasteiger partial charge in [0.25, 0.3) is 5.91 Å². The summed E-state index contributed by atoms with van der Waals surface area (Å²) >= 11 is 0. The molecule has 7 nitrogen and oxygen atoms in total. The lowest BCUT2D eigenvalue weighted by molar-refractivity contribution is -0.132. The summed E-state index contributed by atoms with van der Waals surface area (Å²) in [7, 11) is 0. The summed E-state index contributed by atoms with van der Waals surface area (Å²) in [5, 5.41) is 10.3. The molecule has 3 rings (SSSR count). The van der Waals surface area contributed by atoms with Gasteiger partial charge in [-0.15, -0.1) is 10.2 Å². The molecule has 1 saturated heterocycles. The first-order chi connectivity index (χ1) is 10.6. The Morgan fingerprint density at radius 1 is 1.23 bits per heavy atom. The molecule has 1 unspecified atom stereocenters. The van der Waals surface area contributed by atoms with Crippen LogP contribution < -0.4 is 5.32 Å². The molecule has 0 aliphatic carbocycles. The van der Waals surface area contributed by atoms with Crippen LogP contribution in [0.3, 0.4) is 0 Å². The number of rotatable bonds is 4. The van der Waals surface area contributed by atoms with Crippen LogP contribution in [0.25, 0.3) is 0 Å². The van der Waals surface area contributed by atoms with Crippen molar-refractivity contribution in [3.8, 4) is 0 Å². The highest BCUT2D eigenvalue weighted by molar-refractivity contribution is 6.07. The standard InChI is InChI=1S/C15H16N4O3/c1-3-15(11-7-5-4-6-8-11)13(20)19(14(21)16-15)9-12-18-17-10(2)22-12/h4-8H,3,9H2,1-2H3,(H,16,21). The van der Waals surface area contributed by atoms with E-state index < -0.39 is 11.6 Å². The predicted molar refractivity (Wildman–Crippen MR) is 76.5 cm³/mol. The van der Waals surface area contributed by atoms with Gasteiger partial charge in [-0.2, -0.15) is 0 Å². The van der Waals surface area contributed by atoms with Gasteiger partial charge in [0.2, 0.25) is 11.8 Å². The van der Waals surface area contributed by atoms with Crippen LogP contribution >= 0.6 is 0 Å². The number of aromatic nitrogens is 2. The van der Waals surface area contributed by atoms with E-state index in [0.717, 1.165) is 10.5 Å². The lowest BCUT2D eigenvalue weighted by atomic mass is 9.87. The summed E-state index contributed by atoms with van der Waals surface area (Å²) in [6, 6.07) is 8.77. The van der Waals surface area contributed by atoms with Crippen molar-refractivity contribution in [2.24, 2.45) is 0 Å². The maximum Gasteiger partial charge on any atom is 0.325 e. The van der Waals surface area contributed by atoms with Crippen LogP contribution in [-0.4, -0.2) is 27.0 Å². The molecule has 1 N–H and O–H groups in total. The molecule has 0 saturated carbocycles. The zero-order valence-corrected chi connectivity index (χ0v) is 12.4. The summed E-state index contributed by atoms with van der Waals surface area (Å²) in [5.74, 6) is 0.329. The van der Waals surface area contributed by atoms with Crippen molar-refractivity contribution in [2.45, 2.75) is 32.4 Å². The Morgan fingerprint density at radius 2 is 1.95 bits per heavy atom. The Kier molecular flexibility index (Phi) is 3.40. The maximum absolute atomic E-state index is 12.8. The van der Waals surface area contributed by atoms with Crippen molar-refractivity contribution in [1.29, 1.82) is 0 Å². The van der Waals surface area contributed by atoms with Gasteiger partial charge in [-0.05, 0) is 12.0 Å². The number of urea groups is 1. The molecule has 1 aromatic carbocycles. The van der Waals surface area contributed by atoms with Gasteiger partial charge in [0, 0.05) is 6.92 Å². The molecule has 3 amide bonds. The summed E-state index contributed by atoms with van der Waals surface area (Å²) in [6.45, 7) is 3.49. The Labute approximate surface area is 127 Å². The van der Waals surface area contributed by atoms with Gasteiger partial charge in [0.1, 0.15) is 12.1 Å². The summed E-state index contributed by atoms with van der Waals surface area (Å²) in [4.78, 5) is 26.2. The highest BCUT2D eigenvalue weighted by atomic mass is 16.4. The number of imide groups is 1. The minimum atomic E-state index is -1.03.